The van der Waals surface area contributed by atoms with Gasteiger partial charge < -0.3 is 9.88 Å². The van der Waals surface area contributed by atoms with E-state index in [0.717, 1.165) is 33.7 Å². The summed E-state index contributed by atoms with van der Waals surface area (Å²) in [5.41, 5.74) is 4.87. The first-order valence-electron chi connectivity index (χ1n) is 7.02. The number of aryl methyl sites for hydroxylation is 1. The molecule has 0 radical (unpaired) electrons. The third-order valence-corrected chi connectivity index (χ3v) is 3.58. The van der Waals surface area contributed by atoms with E-state index in [-0.39, 0.29) is 0 Å². The lowest BCUT2D eigenvalue weighted by Gasteiger charge is -2.14. The predicted molar refractivity (Wildman–Crippen MR) is 90.2 cm³/mol. The molecule has 21 heavy (non-hydrogen) atoms. The van der Waals surface area contributed by atoms with Crippen molar-refractivity contribution in [1.82, 2.24) is 14.5 Å². The molecule has 0 spiro atoms. The van der Waals surface area contributed by atoms with Gasteiger partial charge in [0.05, 0.1) is 11.8 Å². The second-order valence-corrected chi connectivity index (χ2v) is 5.26. The Balaban J connectivity index is 2.86. The number of fused-ring (bicyclic) bond motifs is 1. The van der Waals surface area contributed by atoms with Gasteiger partial charge in [-0.15, -0.1) is 0 Å². The van der Waals surface area contributed by atoms with Crippen LogP contribution in [0.15, 0.2) is 43.3 Å². The summed E-state index contributed by atoms with van der Waals surface area (Å²) in [5, 5.41) is 3.11. The number of pyridine rings is 1. The fraction of sp³-hybridized carbons (Fsp3) is 0.294. The minimum Gasteiger partial charge on any atom is -0.373 e. The molecule has 4 heteroatoms. The largest absolute Gasteiger partial charge is 0.373 e. The van der Waals surface area contributed by atoms with Gasteiger partial charge in [0.2, 0.25) is 0 Å². The number of imidazole rings is 1. The highest BCUT2D eigenvalue weighted by molar-refractivity contribution is 5.93. The molecule has 0 aliphatic rings. The first kappa shape index (κ1) is 15.0. The van der Waals surface area contributed by atoms with Gasteiger partial charge in [-0.2, -0.15) is 0 Å². The van der Waals surface area contributed by atoms with Crippen LogP contribution < -0.4 is 5.32 Å². The summed E-state index contributed by atoms with van der Waals surface area (Å²) in [4.78, 5) is 9.19. The zero-order valence-electron chi connectivity index (χ0n) is 13.1. The van der Waals surface area contributed by atoms with Gasteiger partial charge in [-0.25, -0.2) is 9.97 Å². The maximum absolute atomic E-state index is 4.69. The Morgan fingerprint density at radius 1 is 1.33 bits per heavy atom. The molecule has 0 aliphatic carbocycles. The van der Waals surface area contributed by atoms with Crippen LogP contribution in [0.4, 0.5) is 5.82 Å². The molecule has 0 saturated carbocycles. The minimum absolute atomic E-state index is 0.342. The Labute approximate surface area is 125 Å². The van der Waals surface area contributed by atoms with Crippen molar-refractivity contribution in [3.8, 4) is 0 Å². The molecular formula is C17H22N4. The van der Waals surface area contributed by atoms with E-state index in [1.54, 1.807) is 6.33 Å². The van der Waals surface area contributed by atoms with Gasteiger partial charge in [-0.3, -0.25) is 0 Å². The van der Waals surface area contributed by atoms with Crippen molar-refractivity contribution in [2.24, 2.45) is 13.0 Å². The fourth-order valence-electron chi connectivity index (χ4n) is 2.45. The predicted octanol–water partition coefficient (Wildman–Crippen LogP) is 3.79. The van der Waals surface area contributed by atoms with Gasteiger partial charge in [0, 0.05) is 25.7 Å². The van der Waals surface area contributed by atoms with E-state index >= 15 is 0 Å². The Kier molecular flexibility index (Phi) is 4.26. The third kappa shape index (κ3) is 2.61. The summed E-state index contributed by atoms with van der Waals surface area (Å²) in [6.07, 6.45) is 5.52. The number of hydrogen-bond donors (Lipinski definition) is 1. The van der Waals surface area contributed by atoms with Crippen molar-refractivity contribution in [3.63, 3.8) is 0 Å². The first-order chi connectivity index (χ1) is 10.0. The minimum atomic E-state index is 0.342. The monoisotopic (exact) mass is 282 g/mol. The van der Waals surface area contributed by atoms with Crippen LogP contribution in [0.1, 0.15) is 19.5 Å². The normalized spacial score (nSPS) is 12.4. The molecule has 0 aromatic carbocycles. The number of nitrogens with one attached hydrogen (secondary N) is 1. The summed E-state index contributed by atoms with van der Waals surface area (Å²) < 4.78 is 1.99. The second kappa shape index (κ2) is 5.95. The van der Waals surface area contributed by atoms with Gasteiger partial charge in [-0.05, 0) is 11.5 Å². The number of aromatic nitrogens is 3. The maximum atomic E-state index is 4.69. The molecule has 2 heterocycles. The Morgan fingerprint density at radius 3 is 2.57 bits per heavy atom. The standard InChI is InChI=1S/C17H22N4/c1-7-12(11(3)4)13(8-2)16-17-14(21(6)10-19-17)9-15(18-5)20-16/h7-11H,1-2H2,3-6H3,(H,18,20)/b13-12-. The van der Waals surface area contributed by atoms with Crippen LogP contribution in [0.5, 0.6) is 0 Å². The number of anilines is 1. The quantitative estimate of drug-likeness (QED) is 0.848. The highest BCUT2D eigenvalue weighted by Gasteiger charge is 2.16. The molecule has 2 rings (SSSR count). The molecule has 0 unspecified atom stereocenters. The average Bonchev–Trinajstić information content (AvgIpc) is 2.85. The van der Waals surface area contributed by atoms with Crippen molar-refractivity contribution in [2.75, 3.05) is 12.4 Å². The fourth-order valence-corrected chi connectivity index (χ4v) is 2.45. The molecule has 2 aromatic rings. The zero-order valence-corrected chi connectivity index (χ0v) is 13.1. The molecule has 0 atom stereocenters. The van der Waals surface area contributed by atoms with E-state index in [9.17, 15) is 0 Å². The SMILES string of the molecule is C=C/C(=C(\C=C)C(C)C)c1nc(NC)cc2c1ncn2C. The van der Waals surface area contributed by atoms with E-state index in [2.05, 4.69) is 37.3 Å². The van der Waals surface area contributed by atoms with Crippen molar-refractivity contribution in [3.05, 3.63) is 49.0 Å². The van der Waals surface area contributed by atoms with Crippen molar-refractivity contribution < 1.29 is 0 Å². The van der Waals surface area contributed by atoms with E-state index < -0.39 is 0 Å². The summed E-state index contributed by atoms with van der Waals surface area (Å²) in [6.45, 7) is 12.2. The topological polar surface area (TPSA) is 42.7 Å². The molecular weight excluding hydrogens is 260 g/mol. The van der Waals surface area contributed by atoms with Crippen molar-refractivity contribution >= 4 is 22.4 Å². The summed E-state index contributed by atoms with van der Waals surface area (Å²) in [6, 6.07) is 2.00. The second-order valence-electron chi connectivity index (χ2n) is 5.26. The number of allylic oxidation sites excluding steroid dienone is 4. The van der Waals surface area contributed by atoms with E-state index in [1.807, 2.05) is 36.9 Å². The Bertz CT molecular complexity index is 720. The van der Waals surface area contributed by atoms with Crippen LogP contribution >= 0.6 is 0 Å². The lowest BCUT2D eigenvalue weighted by molar-refractivity contribution is 0.795. The lowest BCUT2D eigenvalue weighted by atomic mass is 9.94. The van der Waals surface area contributed by atoms with Gasteiger partial charge in [0.1, 0.15) is 17.0 Å². The Morgan fingerprint density at radius 2 is 2.05 bits per heavy atom. The van der Waals surface area contributed by atoms with Crippen molar-refractivity contribution in [2.45, 2.75) is 13.8 Å². The molecule has 0 amide bonds. The van der Waals surface area contributed by atoms with E-state index in [1.165, 1.54) is 0 Å². The Hall–Kier alpha value is -2.36. The molecule has 110 valence electrons. The van der Waals surface area contributed by atoms with Crippen LogP contribution in [0, 0.1) is 5.92 Å². The van der Waals surface area contributed by atoms with Crippen LogP contribution in [0.2, 0.25) is 0 Å². The van der Waals surface area contributed by atoms with Crippen LogP contribution in [0.25, 0.3) is 16.6 Å². The van der Waals surface area contributed by atoms with Crippen LogP contribution in [0.3, 0.4) is 0 Å². The molecule has 2 aromatic heterocycles. The summed E-state index contributed by atoms with van der Waals surface area (Å²) >= 11 is 0. The number of rotatable bonds is 5. The maximum Gasteiger partial charge on any atom is 0.128 e. The van der Waals surface area contributed by atoms with Gasteiger partial charge in [0.25, 0.3) is 0 Å². The van der Waals surface area contributed by atoms with Crippen LogP contribution in [-0.2, 0) is 7.05 Å². The van der Waals surface area contributed by atoms with Crippen molar-refractivity contribution in [1.29, 1.82) is 0 Å². The highest BCUT2D eigenvalue weighted by atomic mass is 15.0. The lowest BCUT2D eigenvalue weighted by Crippen LogP contribution is -2.02. The van der Waals surface area contributed by atoms with Crippen LogP contribution in [-0.4, -0.2) is 21.6 Å². The smallest absolute Gasteiger partial charge is 0.128 e. The van der Waals surface area contributed by atoms with Gasteiger partial charge in [0.15, 0.2) is 0 Å². The highest BCUT2D eigenvalue weighted by Crippen LogP contribution is 2.30. The van der Waals surface area contributed by atoms with Gasteiger partial charge >= 0.3 is 0 Å². The van der Waals surface area contributed by atoms with E-state index in [0.29, 0.717) is 5.92 Å². The average molecular weight is 282 g/mol. The number of hydrogen-bond acceptors (Lipinski definition) is 3. The summed E-state index contributed by atoms with van der Waals surface area (Å²) in [7, 11) is 3.84. The molecule has 0 fully saturated rings. The number of nitrogens with zero attached hydrogens (tertiary/aromatic N) is 3. The molecule has 1 N–H and O–H groups in total. The van der Waals surface area contributed by atoms with Gasteiger partial charge in [-0.1, -0.05) is 39.2 Å². The zero-order chi connectivity index (χ0) is 15.6. The third-order valence-electron chi connectivity index (χ3n) is 3.58. The molecule has 0 bridgehead atoms. The molecule has 0 saturated heterocycles. The summed E-state index contributed by atoms with van der Waals surface area (Å²) in [5.74, 6) is 1.15. The first-order valence-corrected chi connectivity index (χ1v) is 7.02. The molecule has 0 aliphatic heterocycles. The molecule has 4 nitrogen and oxygen atoms in total. The van der Waals surface area contributed by atoms with E-state index in [4.69, 9.17) is 4.98 Å².